The van der Waals surface area contributed by atoms with Gasteiger partial charge < -0.3 is 10.4 Å². The third-order valence-electron chi connectivity index (χ3n) is 3.71. The van der Waals surface area contributed by atoms with Gasteiger partial charge in [0.25, 0.3) is 0 Å². The fraction of sp³-hybridized carbons (Fsp3) is 0.562. The summed E-state index contributed by atoms with van der Waals surface area (Å²) >= 11 is 0. The van der Waals surface area contributed by atoms with E-state index in [9.17, 15) is 9.90 Å². The van der Waals surface area contributed by atoms with Crippen molar-refractivity contribution in [3.8, 4) is 0 Å². The summed E-state index contributed by atoms with van der Waals surface area (Å²) < 4.78 is 0. The number of amides is 1. The van der Waals surface area contributed by atoms with Gasteiger partial charge in [-0.25, -0.2) is 0 Å². The van der Waals surface area contributed by atoms with Crippen LogP contribution in [0.3, 0.4) is 0 Å². The minimum Gasteiger partial charge on any atom is -0.392 e. The third kappa shape index (κ3) is 4.32. The summed E-state index contributed by atoms with van der Waals surface area (Å²) in [6.07, 6.45) is 2.13. The summed E-state index contributed by atoms with van der Waals surface area (Å²) in [5.41, 5.74) is 2.40. The Morgan fingerprint density at radius 3 is 2.80 bits per heavy atom. The fourth-order valence-corrected chi connectivity index (χ4v) is 2.59. The summed E-state index contributed by atoms with van der Waals surface area (Å²) in [6, 6.07) is 8.20. The molecule has 4 heteroatoms. The van der Waals surface area contributed by atoms with E-state index in [2.05, 4.69) is 22.3 Å². The molecule has 0 aromatic heterocycles. The van der Waals surface area contributed by atoms with E-state index in [0.717, 1.165) is 32.5 Å². The Labute approximate surface area is 120 Å². The summed E-state index contributed by atoms with van der Waals surface area (Å²) in [5, 5.41) is 12.6. The minimum absolute atomic E-state index is 0.110. The predicted octanol–water partition coefficient (Wildman–Crippen LogP) is 1.67. The lowest BCUT2D eigenvalue weighted by Crippen LogP contribution is -2.25. The highest BCUT2D eigenvalue weighted by Crippen LogP contribution is 2.16. The van der Waals surface area contributed by atoms with Crippen molar-refractivity contribution in [2.24, 2.45) is 0 Å². The van der Waals surface area contributed by atoms with E-state index in [1.807, 2.05) is 19.1 Å². The van der Waals surface area contributed by atoms with Crippen LogP contribution in [0, 0.1) is 0 Å². The average Bonchev–Trinajstić information content (AvgIpc) is 2.83. The van der Waals surface area contributed by atoms with Crippen molar-refractivity contribution in [3.05, 3.63) is 35.4 Å². The molecular weight excluding hydrogens is 252 g/mol. The van der Waals surface area contributed by atoms with Gasteiger partial charge in [0.1, 0.15) is 0 Å². The molecule has 1 unspecified atom stereocenters. The van der Waals surface area contributed by atoms with Gasteiger partial charge in [-0.05, 0) is 24.0 Å². The van der Waals surface area contributed by atoms with Gasteiger partial charge in [-0.2, -0.15) is 0 Å². The number of rotatable bonds is 6. The van der Waals surface area contributed by atoms with E-state index >= 15 is 0 Å². The number of nitrogens with zero attached hydrogens (tertiary/aromatic N) is 1. The smallest absolute Gasteiger partial charge is 0.220 e. The summed E-state index contributed by atoms with van der Waals surface area (Å²) in [5.74, 6) is 0.110. The Kier molecular flexibility index (Phi) is 5.56. The van der Waals surface area contributed by atoms with Crippen molar-refractivity contribution in [2.45, 2.75) is 45.4 Å². The number of hydrogen-bond donors (Lipinski definition) is 2. The van der Waals surface area contributed by atoms with Gasteiger partial charge in [-0.3, -0.25) is 9.69 Å². The van der Waals surface area contributed by atoms with Gasteiger partial charge in [0, 0.05) is 32.6 Å². The molecule has 1 heterocycles. The van der Waals surface area contributed by atoms with Gasteiger partial charge in [-0.1, -0.05) is 31.2 Å². The first-order valence-electron chi connectivity index (χ1n) is 7.43. The Balaban J connectivity index is 1.93. The lowest BCUT2D eigenvalue weighted by molar-refractivity contribution is -0.121. The molecular formula is C16H24N2O2. The zero-order chi connectivity index (χ0) is 14.4. The minimum atomic E-state index is -0.189. The first-order valence-corrected chi connectivity index (χ1v) is 7.43. The number of carbonyl (C=O) groups is 1. The van der Waals surface area contributed by atoms with Crippen LogP contribution in [0.15, 0.2) is 24.3 Å². The number of nitrogens with one attached hydrogen (secondary N) is 1. The van der Waals surface area contributed by atoms with E-state index in [-0.39, 0.29) is 12.0 Å². The van der Waals surface area contributed by atoms with Crippen molar-refractivity contribution < 1.29 is 9.90 Å². The van der Waals surface area contributed by atoms with Crippen molar-refractivity contribution in [1.29, 1.82) is 0 Å². The summed E-state index contributed by atoms with van der Waals surface area (Å²) in [6.45, 7) is 5.13. The molecule has 1 aliphatic rings. The second kappa shape index (κ2) is 7.41. The Morgan fingerprint density at radius 1 is 1.40 bits per heavy atom. The average molecular weight is 276 g/mol. The van der Waals surface area contributed by atoms with Crippen molar-refractivity contribution in [2.75, 3.05) is 13.1 Å². The number of aliphatic hydroxyl groups excluding tert-OH is 1. The van der Waals surface area contributed by atoms with Crippen molar-refractivity contribution in [3.63, 3.8) is 0 Å². The molecule has 0 bridgehead atoms. The van der Waals surface area contributed by atoms with E-state index in [4.69, 9.17) is 0 Å². The van der Waals surface area contributed by atoms with Crippen LogP contribution < -0.4 is 5.32 Å². The quantitative estimate of drug-likeness (QED) is 0.831. The fourth-order valence-electron chi connectivity index (χ4n) is 2.59. The maximum atomic E-state index is 11.6. The van der Waals surface area contributed by atoms with Crippen LogP contribution >= 0.6 is 0 Å². The Morgan fingerprint density at radius 2 is 2.15 bits per heavy atom. The van der Waals surface area contributed by atoms with Crippen LogP contribution in [0.5, 0.6) is 0 Å². The second-order valence-electron chi connectivity index (χ2n) is 5.47. The maximum absolute atomic E-state index is 11.6. The molecule has 2 N–H and O–H groups in total. The van der Waals surface area contributed by atoms with E-state index < -0.39 is 0 Å². The maximum Gasteiger partial charge on any atom is 0.220 e. The number of hydrogen-bond acceptors (Lipinski definition) is 3. The summed E-state index contributed by atoms with van der Waals surface area (Å²) in [4.78, 5) is 13.8. The monoisotopic (exact) mass is 276 g/mol. The van der Waals surface area contributed by atoms with E-state index in [0.29, 0.717) is 13.0 Å². The van der Waals surface area contributed by atoms with Crippen molar-refractivity contribution in [1.82, 2.24) is 10.2 Å². The molecule has 20 heavy (non-hydrogen) atoms. The van der Waals surface area contributed by atoms with Gasteiger partial charge >= 0.3 is 0 Å². The first kappa shape index (κ1) is 15.0. The largest absolute Gasteiger partial charge is 0.392 e. The summed E-state index contributed by atoms with van der Waals surface area (Å²) in [7, 11) is 0. The Hall–Kier alpha value is -1.39. The number of likely N-dealkylation sites (tertiary alicyclic amines) is 1. The van der Waals surface area contributed by atoms with Gasteiger partial charge in [0.15, 0.2) is 0 Å². The van der Waals surface area contributed by atoms with Gasteiger partial charge in [0.05, 0.1) is 6.10 Å². The van der Waals surface area contributed by atoms with E-state index in [1.165, 1.54) is 11.1 Å². The molecule has 1 aromatic rings. The standard InChI is InChI=1S/C16H24N2O2/c1-2-5-16(20)17-10-13-6-3-4-7-14(13)11-18-9-8-15(19)12-18/h3-4,6-7,15,19H,2,5,8-12H2,1H3,(H,17,20). The molecule has 1 saturated heterocycles. The van der Waals surface area contributed by atoms with Crippen molar-refractivity contribution >= 4 is 5.91 Å². The molecule has 1 amide bonds. The lowest BCUT2D eigenvalue weighted by atomic mass is 10.1. The second-order valence-corrected chi connectivity index (χ2v) is 5.47. The van der Waals surface area contributed by atoms with Crippen LogP contribution in [-0.4, -0.2) is 35.1 Å². The third-order valence-corrected chi connectivity index (χ3v) is 3.71. The molecule has 1 aromatic carbocycles. The topological polar surface area (TPSA) is 52.6 Å². The lowest BCUT2D eigenvalue weighted by Gasteiger charge is -2.18. The van der Waals surface area contributed by atoms with Gasteiger partial charge in [-0.15, -0.1) is 0 Å². The number of β-amino-alcohol motifs (C(OH)–C–C–N with tert-alkyl or cyclic N) is 1. The molecule has 1 fully saturated rings. The molecule has 2 rings (SSSR count). The molecule has 4 nitrogen and oxygen atoms in total. The van der Waals surface area contributed by atoms with Gasteiger partial charge in [0.2, 0.25) is 5.91 Å². The molecule has 110 valence electrons. The van der Waals surface area contributed by atoms with E-state index in [1.54, 1.807) is 0 Å². The normalized spacial score (nSPS) is 19.2. The molecule has 0 spiro atoms. The van der Waals surface area contributed by atoms with Crippen LogP contribution in [0.4, 0.5) is 0 Å². The molecule has 0 radical (unpaired) electrons. The highest BCUT2D eigenvalue weighted by Gasteiger charge is 2.20. The zero-order valence-corrected chi connectivity index (χ0v) is 12.1. The SMILES string of the molecule is CCCC(=O)NCc1ccccc1CN1CCC(O)C1. The highest BCUT2D eigenvalue weighted by molar-refractivity contribution is 5.75. The number of aliphatic hydroxyl groups is 1. The van der Waals surface area contributed by atoms with Crippen LogP contribution in [-0.2, 0) is 17.9 Å². The number of benzene rings is 1. The Bertz CT molecular complexity index is 448. The van der Waals surface area contributed by atoms with Crippen LogP contribution in [0.1, 0.15) is 37.3 Å². The predicted molar refractivity (Wildman–Crippen MR) is 79.1 cm³/mol. The molecule has 1 aliphatic heterocycles. The first-order chi connectivity index (χ1) is 9.69. The van der Waals surface area contributed by atoms with Crippen LogP contribution in [0.2, 0.25) is 0 Å². The number of carbonyl (C=O) groups excluding carboxylic acids is 1. The zero-order valence-electron chi connectivity index (χ0n) is 12.1. The molecule has 0 saturated carbocycles. The highest BCUT2D eigenvalue weighted by atomic mass is 16.3. The van der Waals surface area contributed by atoms with Crippen LogP contribution in [0.25, 0.3) is 0 Å². The molecule has 0 aliphatic carbocycles. The molecule has 1 atom stereocenters.